The number of rotatable bonds is 5. The molecule has 2 aliphatic carbocycles. The SMILES string of the molecule is CN1C(=O)N(CC(=O)N[C@@H](c2ccc(Cl)cc2)C2CC2)C(=O)C12CCCCC2. The number of nitrogens with zero attached hydrogens (tertiary/aromatic N) is 2. The third-order valence-electron chi connectivity index (χ3n) is 6.42. The van der Waals surface area contributed by atoms with Gasteiger partial charge in [0.05, 0.1) is 6.04 Å². The number of carbonyl (C=O) groups is 3. The Labute approximate surface area is 170 Å². The Morgan fingerprint density at radius 3 is 2.43 bits per heavy atom. The fourth-order valence-corrected chi connectivity index (χ4v) is 4.73. The molecular formula is C21H26ClN3O3. The number of likely N-dealkylation sites (N-methyl/N-ethyl adjacent to an activating group) is 1. The van der Waals surface area contributed by atoms with E-state index in [2.05, 4.69) is 5.32 Å². The number of benzene rings is 1. The third kappa shape index (κ3) is 3.39. The summed E-state index contributed by atoms with van der Waals surface area (Å²) >= 11 is 5.97. The largest absolute Gasteiger partial charge is 0.347 e. The molecule has 1 saturated heterocycles. The van der Waals surface area contributed by atoms with Crippen LogP contribution in [0.2, 0.25) is 5.02 Å². The lowest BCUT2D eigenvalue weighted by molar-refractivity contribution is -0.137. The van der Waals surface area contributed by atoms with E-state index < -0.39 is 5.54 Å². The fraction of sp³-hybridized carbons (Fsp3) is 0.571. The van der Waals surface area contributed by atoms with E-state index in [9.17, 15) is 14.4 Å². The van der Waals surface area contributed by atoms with Crippen molar-refractivity contribution >= 4 is 29.4 Å². The van der Waals surface area contributed by atoms with Gasteiger partial charge in [-0.1, -0.05) is 43.0 Å². The maximum atomic E-state index is 13.0. The van der Waals surface area contributed by atoms with E-state index in [1.165, 1.54) is 0 Å². The van der Waals surface area contributed by atoms with E-state index in [1.54, 1.807) is 11.9 Å². The van der Waals surface area contributed by atoms with E-state index in [1.807, 2.05) is 24.3 Å². The Bertz CT molecular complexity index is 785. The number of imide groups is 1. The van der Waals surface area contributed by atoms with Crippen molar-refractivity contribution in [2.24, 2.45) is 5.92 Å². The van der Waals surface area contributed by atoms with E-state index in [-0.39, 0.29) is 30.4 Å². The molecule has 1 heterocycles. The molecule has 6 nitrogen and oxygen atoms in total. The van der Waals surface area contributed by atoms with Crippen LogP contribution in [0.5, 0.6) is 0 Å². The van der Waals surface area contributed by atoms with Crippen molar-refractivity contribution in [2.75, 3.05) is 13.6 Å². The van der Waals surface area contributed by atoms with Gasteiger partial charge in [0.1, 0.15) is 12.1 Å². The van der Waals surface area contributed by atoms with Gasteiger partial charge in [-0.05, 0) is 49.3 Å². The molecule has 0 bridgehead atoms. The van der Waals surface area contributed by atoms with Crippen LogP contribution in [-0.2, 0) is 9.59 Å². The highest BCUT2D eigenvalue weighted by Gasteiger charge is 2.55. The molecule has 7 heteroatoms. The first-order valence-corrected chi connectivity index (χ1v) is 10.4. The number of carbonyl (C=O) groups excluding carboxylic acids is 3. The van der Waals surface area contributed by atoms with E-state index in [4.69, 9.17) is 11.6 Å². The van der Waals surface area contributed by atoms with Crippen LogP contribution < -0.4 is 5.32 Å². The van der Waals surface area contributed by atoms with Gasteiger partial charge in [-0.3, -0.25) is 14.5 Å². The van der Waals surface area contributed by atoms with Crippen LogP contribution >= 0.6 is 11.6 Å². The highest BCUT2D eigenvalue weighted by atomic mass is 35.5. The molecule has 28 heavy (non-hydrogen) atoms. The normalized spacial score (nSPS) is 22.6. The maximum Gasteiger partial charge on any atom is 0.327 e. The minimum absolute atomic E-state index is 0.112. The Kier molecular flexibility index (Phi) is 5.08. The number of urea groups is 1. The zero-order valence-electron chi connectivity index (χ0n) is 16.1. The van der Waals surface area contributed by atoms with Crippen molar-refractivity contribution < 1.29 is 14.4 Å². The van der Waals surface area contributed by atoms with Crippen molar-refractivity contribution in [3.8, 4) is 0 Å². The van der Waals surface area contributed by atoms with Crippen LogP contribution in [0.3, 0.4) is 0 Å². The average molecular weight is 404 g/mol. The number of nitrogens with one attached hydrogen (secondary N) is 1. The summed E-state index contributed by atoms with van der Waals surface area (Å²) < 4.78 is 0. The zero-order chi connectivity index (χ0) is 19.9. The standard InChI is InChI=1S/C21H26ClN3O3/c1-24-20(28)25(19(27)21(24)11-3-2-4-12-21)13-17(26)23-18(14-5-6-14)15-7-9-16(22)10-8-15/h7-10,14,18H,2-6,11-13H2,1H3,(H,23,26)/t18-/m1/s1. The summed E-state index contributed by atoms with van der Waals surface area (Å²) in [4.78, 5) is 41.2. The lowest BCUT2D eigenvalue weighted by Gasteiger charge is -2.35. The molecule has 1 atom stereocenters. The quantitative estimate of drug-likeness (QED) is 0.765. The number of halogens is 1. The minimum Gasteiger partial charge on any atom is -0.347 e. The second kappa shape index (κ2) is 7.39. The van der Waals surface area contributed by atoms with Gasteiger partial charge in [-0.15, -0.1) is 0 Å². The summed E-state index contributed by atoms with van der Waals surface area (Å²) in [5.74, 6) is -0.124. The van der Waals surface area contributed by atoms with Gasteiger partial charge in [0.25, 0.3) is 5.91 Å². The molecule has 2 saturated carbocycles. The van der Waals surface area contributed by atoms with Crippen molar-refractivity contribution in [1.82, 2.24) is 15.1 Å². The summed E-state index contributed by atoms with van der Waals surface area (Å²) in [6.45, 7) is -0.222. The molecule has 4 rings (SSSR count). The van der Waals surface area contributed by atoms with Crippen molar-refractivity contribution in [3.05, 3.63) is 34.9 Å². The Morgan fingerprint density at radius 1 is 1.18 bits per heavy atom. The van der Waals surface area contributed by atoms with Crippen LogP contribution in [0.4, 0.5) is 4.79 Å². The molecule has 3 aliphatic rings. The molecule has 0 unspecified atom stereocenters. The van der Waals surface area contributed by atoms with Gasteiger partial charge in [-0.2, -0.15) is 0 Å². The molecule has 150 valence electrons. The first-order valence-electron chi connectivity index (χ1n) is 10.1. The Morgan fingerprint density at radius 2 is 1.82 bits per heavy atom. The van der Waals surface area contributed by atoms with Gasteiger partial charge >= 0.3 is 6.03 Å². The number of amides is 4. The minimum atomic E-state index is -0.748. The maximum absolute atomic E-state index is 13.0. The lowest BCUT2D eigenvalue weighted by Crippen LogP contribution is -2.49. The summed E-state index contributed by atoms with van der Waals surface area (Å²) in [7, 11) is 1.68. The predicted octanol–water partition coefficient (Wildman–Crippen LogP) is 3.50. The smallest absolute Gasteiger partial charge is 0.327 e. The van der Waals surface area contributed by atoms with Crippen molar-refractivity contribution in [3.63, 3.8) is 0 Å². The van der Waals surface area contributed by atoms with Crippen LogP contribution in [0.1, 0.15) is 56.6 Å². The van der Waals surface area contributed by atoms with Crippen LogP contribution in [0, 0.1) is 5.92 Å². The molecule has 0 aromatic heterocycles. The van der Waals surface area contributed by atoms with Gasteiger partial charge < -0.3 is 10.2 Å². The second-order valence-corrected chi connectivity index (χ2v) is 8.70. The Hall–Kier alpha value is -2.08. The van der Waals surface area contributed by atoms with Crippen LogP contribution in [0.15, 0.2) is 24.3 Å². The van der Waals surface area contributed by atoms with Crippen LogP contribution in [-0.4, -0.2) is 46.8 Å². The fourth-order valence-electron chi connectivity index (χ4n) is 4.61. The van der Waals surface area contributed by atoms with Gasteiger partial charge in [0.15, 0.2) is 0 Å². The first kappa shape index (κ1) is 19.2. The number of hydrogen-bond acceptors (Lipinski definition) is 3. The summed E-state index contributed by atoms with van der Waals surface area (Å²) in [6, 6.07) is 6.99. The topological polar surface area (TPSA) is 69.7 Å². The highest BCUT2D eigenvalue weighted by molar-refractivity contribution is 6.30. The third-order valence-corrected chi connectivity index (χ3v) is 6.68. The van der Waals surface area contributed by atoms with Crippen LogP contribution in [0.25, 0.3) is 0 Å². The molecule has 1 spiro atoms. The first-order chi connectivity index (χ1) is 13.4. The number of hydrogen-bond donors (Lipinski definition) is 1. The molecule has 4 amide bonds. The lowest BCUT2D eigenvalue weighted by atomic mass is 9.81. The van der Waals surface area contributed by atoms with E-state index >= 15 is 0 Å². The zero-order valence-corrected chi connectivity index (χ0v) is 16.9. The van der Waals surface area contributed by atoms with E-state index in [0.717, 1.165) is 42.6 Å². The summed E-state index contributed by atoms with van der Waals surface area (Å²) in [6.07, 6.45) is 6.43. The molecule has 1 aliphatic heterocycles. The molecule has 1 N–H and O–H groups in total. The Balaban J connectivity index is 1.46. The van der Waals surface area contributed by atoms with Gasteiger partial charge in [0.2, 0.25) is 5.91 Å². The van der Waals surface area contributed by atoms with Gasteiger partial charge in [0, 0.05) is 12.1 Å². The molecular weight excluding hydrogens is 378 g/mol. The molecule has 1 aromatic carbocycles. The monoisotopic (exact) mass is 403 g/mol. The predicted molar refractivity (Wildman–Crippen MR) is 106 cm³/mol. The van der Waals surface area contributed by atoms with Crippen molar-refractivity contribution in [2.45, 2.75) is 56.5 Å². The molecule has 3 fully saturated rings. The van der Waals surface area contributed by atoms with E-state index in [0.29, 0.717) is 23.8 Å². The molecule has 0 radical (unpaired) electrons. The van der Waals surface area contributed by atoms with Gasteiger partial charge in [-0.25, -0.2) is 4.79 Å². The second-order valence-electron chi connectivity index (χ2n) is 8.26. The highest BCUT2D eigenvalue weighted by Crippen LogP contribution is 2.42. The molecule has 1 aromatic rings. The summed E-state index contributed by atoms with van der Waals surface area (Å²) in [5, 5.41) is 3.69. The van der Waals surface area contributed by atoms with Crippen molar-refractivity contribution in [1.29, 1.82) is 0 Å². The summed E-state index contributed by atoms with van der Waals surface area (Å²) in [5.41, 5.74) is 0.252. The average Bonchev–Trinajstić information content (AvgIpc) is 3.53.